The Morgan fingerprint density at radius 3 is 1.93 bits per heavy atom. The topological polar surface area (TPSA) is 69.4 Å². The lowest BCUT2D eigenvalue weighted by Gasteiger charge is -2.26. The van der Waals surface area contributed by atoms with Crippen LogP contribution in [-0.2, 0) is 14.3 Å². The monoisotopic (exact) mass is 201 g/mol. The van der Waals surface area contributed by atoms with Crippen LogP contribution >= 0.6 is 0 Å². The minimum absolute atomic E-state index is 0.228. The predicted octanol–water partition coefficient (Wildman–Crippen LogP) is 1.02. The van der Waals surface area contributed by atoms with E-state index in [0.717, 1.165) is 0 Å². The quantitative estimate of drug-likeness (QED) is 0.547. The van der Waals surface area contributed by atoms with Gasteiger partial charge in [-0.15, -0.1) is 0 Å². The Balaban J connectivity index is 4.60. The lowest BCUT2D eigenvalue weighted by atomic mass is 9.96. The molecule has 0 saturated carbocycles. The molecule has 0 aliphatic rings. The van der Waals surface area contributed by atoms with Gasteiger partial charge < -0.3 is 10.5 Å². The fourth-order valence-electron chi connectivity index (χ4n) is 0.865. The number of hydrogen-bond acceptors (Lipinski definition) is 4. The van der Waals surface area contributed by atoms with Crippen molar-refractivity contribution in [1.82, 2.24) is 0 Å². The number of rotatable bonds is 3. The third-order valence-electron chi connectivity index (χ3n) is 1.72. The molecule has 0 fully saturated rings. The van der Waals surface area contributed by atoms with Gasteiger partial charge in [-0.05, 0) is 27.7 Å². The third kappa shape index (κ3) is 3.46. The molecule has 1 atom stereocenters. The van der Waals surface area contributed by atoms with Gasteiger partial charge in [0.15, 0.2) is 11.3 Å². The molecule has 0 bridgehead atoms. The maximum absolute atomic E-state index is 11.5. The Morgan fingerprint density at radius 1 is 1.21 bits per heavy atom. The Hall–Kier alpha value is -0.900. The first-order valence-electron chi connectivity index (χ1n) is 4.67. The van der Waals surface area contributed by atoms with Crippen LogP contribution in [0.1, 0.15) is 41.0 Å². The highest BCUT2D eigenvalue weighted by Gasteiger charge is 2.38. The molecule has 0 aromatic carbocycles. The van der Waals surface area contributed by atoms with Gasteiger partial charge in [0, 0.05) is 6.42 Å². The molecule has 1 unspecified atom stereocenters. The van der Waals surface area contributed by atoms with Crippen molar-refractivity contribution in [2.45, 2.75) is 52.2 Å². The zero-order valence-corrected chi connectivity index (χ0v) is 9.51. The normalized spacial score (nSPS) is 15.9. The molecule has 0 saturated heterocycles. The number of carbonyl (C=O) groups excluding carboxylic acids is 2. The second-order valence-corrected chi connectivity index (χ2v) is 4.48. The largest absolute Gasteiger partial charge is 0.458 e. The zero-order valence-electron chi connectivity index (χ0n) is 9.51. The standard InChI is InChI=1S/C10H19NO3/c1-6-7(12)10(5,11)8(13)14-9(2,3)4/h6,11H2,1-5H3. The summed E-state index contributed by atoms with van der Waals surface area (Å²) in [5.74, 6) is -0.983. The molecule has 0 heterocycles. The van der Waals surface area contributed by atoms with Gasteiger partial charge in [-0.2, -0.15) is 0 Å². The van der Waals surface area contributed by atoms with Gasteiger partial charge in [0.05, 0.1) is 0 Å². The van der Waals surface area contributed by atoms with E-state index in [1.54, 1.807) is 27.7 Å². The van der Waals surface area contributed by atoms with E-state index in [2.05, 4.69) is 0 Å². The summed E-state index contributed by atoms with van der Waals surface area (Å²) in [7, 11) is 0. The van der Waals surface area contributed by atoms with Crippen molar-refractivity contribution in [2.24, 2.45) is 5.73 Å². The average Bonchev–Trinajstić information content (AvgIpc) is 1.99. The predicted molar refractivity (Wildman–Crippen MR) is 53.7 cm³/mol. The van der Waals surface area contributed by atoms with Crippen molar-refractivity contribution in [3.63, 3.8) is 0 Å². The van der Waals surface area contributed by atoms with Crippen LogP contribution in [0.3, 0.4) is 0 Å². The van der Waals surface area contributed by atoms with E-state index in [9.17, 15) is 9.59 Å². The minimum atomic E-state index is -1.53. The first-order chi connectivity index (χ1) is 6.11. The van der Waals surface area contributed by atoms with Gasteiger partial charge >= 0.3 is 5.97 Å². The van der Waals surface area contributed by atoms with Crippen LogP contribution in [0.25, 0.3) is 0 Å². The molecule has 0 amide bonds. The molecule has 0 aliphatic carbocycles. The van der Waals surface area contributed by atoms with E-state index in [1.165, 1.54) is 6.92 Å². The zero-order chi connectivity index (χ0) is 11.6. The van der Waals surface area contributed by atoms with Crippen LogP contribution in [-0.4, -0.2) is 22.9 Å². The highest BCUT2D eigenvalue weighted by atomic mass is 16.6. The summed E-state index contributed by atoms with van der Waals surface area (Å²) in [5.41, 5.74) is 3.45. The number of esters is 1. The second-order valence-electron chi connectivity index (χ2n) is 4.48. The SMILES string of the molecule is CCC(=O)C(C)(N)C(=O)OC(C)(C)C. The molecular weight excluding hydrogens is 182 g/mol. The first kappa shape index (κ1) is 13.1. The van der Waals surface area contributed by atoms with Crippen LogP contribution in [0.5, 0.6) is 0 Å². The summed E-state index contributed by atoms with van der Waals surface area (Å²) >= 11 is 0. The molecule has 0 radical (unpaired) electrons. The Morgan fingerprint density at radius 2 is 1.64 bits per heavy atom. The summed E-state index contributed by atoms with van der Waals surface area (Å²) in [6, 6.07) is 0. The van der Waals surface area contributed by atoms with Crippen LogP contribution in [0.4, 0.5) is 0 Å². The van der Waals surface area contributed by atoms with Gasteiger partial charge in [-0.1, -0.05) is 6.92 Å². The van der Waals surface area contributed by atoms with E-state index < -0.39 is 17.1 Å². The number of ether oxygens (including phenoxy) is 1. The summed E-state index contributed by atoms with van der Waals surface area (Å²) in [6.07, 6.45) is 0.228. The fraction of sp³-hybridized carbons (Fsp3) is 0.800. The van der Waals surface area contributed by atoms with Crippen molar-refractivity contribution < 1.29 is 14.3 Å². The maximum Gasteiger partial charge on any atom is 0.334 e. The highest BCUT2D eigenvalue weighted by molar-refractivity contribution is 6.07. The van der Waals surface area contributed by atoms with Gasteiger partial charge in [0.25, 0.3) is 0 Å². The highest BCUT2D eigenvalue weighted by Crippen LogP contribution is 2.14. The minimum Gasteiger partial charge on any atom is -0.458 e. The van der Waals surface area contributed by atoms with Crippen molar-refractivity contribution in [2.75, 3.05) is 0 Å². The number of nitrogens with two attached hydrogens (primary N) is 1. The van der Waals surface area contributed by atoms with Gasteiger partial charge in [-0.3, -0.25) is 4.79 Å². The first-order valence-corrected chi connectivity index (χ1v) is 4.67. The molecule has 0 rings (SSSR count). The Labute approximate surface area is 84.8 Å². The van der Waals surface area contributed by atoms with Gasteiger partial charge in [-0.25, -0.2) is 4.79 Å². The Bertz CT molecular complexity index is 238. The van der Waals surface area contributed by atoms with E-state index in [-0.39, 0.29) is 12.2 Å². The smallest absolute Gasteiger partial charge is 0.334 e. The molecule has 0 spiro atoms. The van der Waals surface area contributed by atoms with Gasteiger partial charge in [0.2, 0.25) is 0 Å². The Kier molecular flexibility index (Phi) is 3.82. The molecule has 82 valence electrons. The molecule has 0 aromatic heterocycles. The number of Topliss-reactive ketones (excluding diaryl/α,β-unsaturated/α-hetero) is 1. The van der Waals surface area contributed by atoms with Crippen LogP contribution in [0.2, 0.25) is 0 Å². The number of hydrogen-bond donors (Lipinski definition) is 1. The maximum atomic E-state index is 11.5. The fourth-order valence-corrected chi connectivity index (χ4v) is 0.865. The van der Waals surface area contributed by atoms with E-state index >= 15 is 0 Å². The number of ketones is 1. The average molecular weight is 201 g/mol. The summed E-state index contributed by atoms with van der Waals surface area (Å²) in [5, 5.41) is 0. The van der Waals surface area contributed by atoms with Crippen molar-refractivity contribution in [1.29, 1.82) is 0 Å². The van der Waals surface area contributed by atoms with Crippen LogP contribution < -0.4 is 5.73 Å². The molecular formula is C10H19NO3. The molecule has 4 nitrogen and oxygen atoms in total. The summed E-state index contributed by atoms with van der Waals surface area (Å²) in [4.78, 5) is 22.8. The molecule has 0 aromatic rings. The lowest BCUT2D eigenvalue weighted by molar-refractivity contribution is -0.163. The van der Waals surface area contributed by atoms with E-state index in [0.29, 0.717) is 0 Å². The van der Waals surface area contributed by atoms with Crippen molar-refractivity contribution in [3.8, 4) is 0 Å². The number of carbonyl (C=O) groups is 2. The van der Waals surface area contributed by atoms with Gasteiger partial charge in [0.1, 0.15) is 5.60 Å². The van der Waals surface area contributed by atoms with E-state index in [1.807, 2.05) is 0 Å². The van der Waals surface area contributed by atoms with E-state index in [4.69, 9.17) is 10.5 Å². The second kappa shape index (κ2) is 4.09. The summed E-state index contributed by atoms with van der Waals surface area (Å²) in [6.45, 7) is 8.25. The van der Waals surface area contributed by atoms with Crippen LogP contribution in [0.15, 0.2) is 0 Å². The third-order valence-corrected chi connectivity index (χ3v) is 1.72. The lowest BCUT2D eigenvalue weighted by Crippen LogP contribution is -2.54. The molecule has 0 aliphatic heterocycles. The summed E-state index contributed by atoms with van der Waals surface area (Å²) < 4.78 is 5.04. The van der Waals surface area contributed by atoms with Crippen molar-refractivity contribution in [3.05, 3.63) is 0 Å². The molecule has 2 N–H and O–H groups in total. The molecule has 14 heavy (non-hydrogen) atoms. The van der Waals surface area contributed by atoms with Crippen LogP contribution in [0, 0.1) is 0 Å². The molecule has 4 heteroatoms. The van der Waals surface area contributed by atoms with Crippen molar-refractivity contribution >= 4 is 11.8 Å².